The lowest BCUT2D eigenvalue weighted by Crippen LogP contribution is -2.36. The maximum atomic E-state index is 11.5. The summed E-state index contributed by atoms with van der Waals surface area (Å²) in [6.45, 7) is 3.76. The molecule has 0 saturated heterocycles. The van der Waals surface area contributed by atoms with Crippen LogP contribution in [0, 0.1) is 0 Å². The molecule has 0 aliphatic carbocycles. The second kappa shape index (κ2) is 11.0. The van der Waals surface area contributed by atoms with Crippen LogP contribution in [0.1, 0.15) is 26.2 Å². The van der Waals surface area contributed by atoms with E-state index in [1.54, 1.807) is 6.92 Å². The van der Waals surface area contributed by atoms with Gasteiger partial charge in [-0.25, -0.2) is 0 Å². The monoisotopic (exact) mass is 260 g/mol. The minimum Gasteiger partial charge on any atom is -0.466 e. The molecule has 0 rings (SSSR count). The molecule has 0 unspecified atom stereocenters. The highest BCUT2D eigenvalue weighted by atomic mass is 16.5. The molecule has 0 radical (unpaired) electrons. The van der Waals surface area contributed by atoms with Crippen LogP contribution in [0.2, 0.25) is 0 Å². The molecule has 0 aromatic rings. The topological polar surface area (TPSA) is 78.9 Å². The lowest BCUT2D eigenvalue weighted by atomic mass is 10.3. The minimum absolute atomic E-state index is 0.0701. The number of hydrogen-bond acceptors (Lipinski definition) is 5. The zero-order valence-electron chi connectivity index (χ0n) is 11.3. The van der Waals surface area contributed by atoms with Crippen LogP contribution in [0.3, 0.4) is 0 Å². The van der Waals surface area contributed by atoms with Crippen molar-refractivity contribution < 1.29 is 19.4 Å². The first-order valence-electron chi connectivity index (χ1n) is 6.31. The van der Waals surface area contributed by atoms with E-state index in [0.717, 1.165) is 0 Å². The van der Waals surface area contributed by atoms with Crippen molar-refractivity contribution in [3.8, 4) is 0 Å². The fraction of sp³-hybridized carbons (Fsp3) is 0.833. The molecule has 0 aromatic carbocycles. The first kappa shape index (κ1) is 16.9. The second-order valence-corrected chi connectivity index (χ2v) is 4.07. The van der Waals surface area contributed by atoms with Gasteiger partial charge in [0.05, 0.1) is 13.2 Å². The third kappa shape index (κ3) is 10.0. The molecule has 0 heterocycles. The van der Waals surface area contributed by atoms with Crippen LogP contribution in [0.15, 0.2) is 0 Å². The number of nitrogens with one attached hydrogen (secondary N) is 1. The number of carbonyl (C=O) groups excluding carboxylic acids is 2. The molecule has 6 nitrogen and oxygen atoms in total. The maximum Gasteiger partial charge on any atom is 0.305 e. The third-order valence-electron chi connectivity index (χ3n) is 2.30. The van der Waals surface area contributed by atoms with E-state index in [2.05, 4.69) is 5.32 Å². The molecule has 2 N–H and O–H groups in total. The molecule has 0 aliphatic rings. The quantitative estimate of drug-likeness (QED) is 0.419. The van der Waals surface area contributed by atoms with E-state index in [1.165, 1.54) is 0 Å². The SMILES string of the molecule is CCOC(=O)CCCNC(=O)CN(C)CCCO. The fourth-order valence-corrected chi connectivity index (χ4v) is 1.41. The zero-order chi connectivity index (χ0) is 13.8. The first-order valence-corrected chi connectivity index (χ1v) is 6.31. The molecule has 0 aromatic heterocycles. The highest BCUT2D eigenvalue weighted by molar-refractivity contribution is 5.78. The average molecular weight is 260 g/mol. The predicted molar refractivity (Wildman–Crippen MR) is 68.1 cm³/mol. The standard InChI is InChI=1S/C12H24N2O4/c1-3-18-12(17)6-4-7-13-11(16)10-14(2)8-5-9-15/h15H,3-10H2,1-2H3,(H,13,16). The molecular weight excluding hydrogens is 236 g/mol. The number of rotatable bonds is 10. The smallest absolute Gasteiger partial charge is 0.305 e. The van der Waals surface area contributed by atoms with E-state index >= 15 is 0 Å². The Hall–Kier alpha value is -1.14. The molecule has 1 amide bonds. The Morgan fingerprint density at radius 2 is 2.06 bits per heavy atom. The molecule has 0 saturated carbocycles. The summed E-state index contributed by atoms with van der Waals surface area (Å²) in [6.07, 6.45) is 1.58. The fourth-order valence-electron chi connectivity index (χ4n) is 1.41. The number of likely N-dealkylation sites (N-methyl/N-ethyl adjacent to an activating group) is 1. The lowest BCUT2D eigenvalue weighted by Gasteiger charge is -2.15. The van der Waals surface area contributed by atoms with Crippen LogP contribution in [-0.2, 0) is 14.3 Å². The van der Waals surface area contributed by atoms with E-state index in [4.69, 9.17) is 9.84 Å². The highest BCUT2D eigenvalue weighted by Crippen LogP contribution is 1.92. The number of amides is 1. The van der Waals surface area contributed by atoms with Crippen LogP contribution in [0.25, 0.3) is 0 Å². The van der Waals surface area contributed by atoms with Crippen LogP contribution in [0.4, 0.5) is 0 Å². The van der Waals surface area contributed by atoms with E-state index in [1.807, 2.05) is 11.9 Å². The molecule has 18 heavy (non-hydrogen) atoms. The van der Waals surface area contributed by atoms with Gasteiger partial charge < -0.3 is 15.2 Å². The zero-order valence-corrected chi connectivity index (χ0v) is 11.3. The van der Waals surface area contributed by atoms with Gasteiger partial charge in [-0.3, -0.25) is 14.5 Å². The van der Waals surface area contributed by atoms with Gasteiger partial charge in [-0.2, -0.15) is 0 Å². The molecular formula is C12H24N2O4. The van der Waals surface area contributed by atoms with Gasteiger partial charge in [0.15, 0.2) is 0 Å². The van der Waals surface area contributed by atoms with Gasteiger partial charge in [-0.1, -0.05) is 0 Å². The summed E-state index contributed by atoms with van der Waals surface area (Å²) in [6, 6.07) is 0. The maximum absolute atomic E-state index is 11.5. The van der Waals surface area contributed by atoms with E-state index in [0.29, 0.717) is 45.5 Å². The number of nitrogens with zero attached hydrogens (tertiary/aromatic N) is 1. The number of aliphatic hydroxyl groups is 1. The van der Waals surface area contributed by atoms with Crippen molar-refractivity contribution in [3.05, 3.63) is 0 Å². The van der Waals surface area contributed by atoms with Crippen molar-refractivity contribution in [1.82, 2.24) is 10.2 Å². The van der Waals surface area contributed by atoms with Crippen molar-refractivity contribution in [2.24, 2.45) is 0 Å². The molecule has 0 spiro atoms. The Morgan fingerprint density at radius 3 is 2.67 bits per heavy atom. The second-order valence-electron chi connectivity index (χ2n) is 4.07. The molecule has 0 aliphatic heterocycles. The summed E-state index contributed by atoms with van der Waals surface area (Å²) in [4.78, 5) is 24.3. The van der Waals surface area contributed by atoms with E-state index in [-0.39, 0.29) is 18.5 Å². The summed E-state index contributed by atoms with van der Waals surface area (Å²) in [5, 5.41) is 11.4. The van der Waals surface area contributed by atoms with Crippen LogP contribution < -0.4 is 5.32 Å². The largest absolute Gasteiger partial charge is 0.466 e. The number of aliphatic hydroxyl groups excluding tert-OH is 1. The first-order chi connectivity index (χ1) is 8.60. The van der Waals surface area contributed by atoms with Crippen LogP contribution >= 0.6 is 0 Å². The van der Waals surface area contributed by atoms with E-state index < -0.39 is 0 Å². The minimum atomic E-state index is -0.230. The molecule has 0 fully saturated rings. The van der Waals surface area contributed by atoms with Crippen LogP contribution in [-0.4, -0.2) is 61.8 Å². The number of carbonyl (C=O) groups is 2. The average Bonchev–Trinajstić information content (AvgIpc) is 2.32. The van der Waals surface area contributed by atoms with Crippen molar-refractivity contribution in [1.29, 1.82) is 0 Å². The normalized spacial score (nSPS) is 10.4. The van der Waals surface area contributed by atoms with Gasteiger partial charge in [0.1, 0.15) is 0 Å². The van der Waals surface area contributed by atoms with Crippen molar-refractivity contribution >= 4 is 11.9 Å². The molecule has 6 heteroatoms. The summed E-state index contributed by atoms with van der Waals surface area (Å²) in [7, 11) is 1.83. The van der Waals surface area contributed by atoms with Crippen LogP contribution in [0.5, 0.6) is 0 Å². The highest BCUT2D eigenvalue weighted by Gasteiger charge is 2.06. The number of ether oxygens (including phenoxy) is 1. The Bertz CT molecular complexity index is 246. The van der Waals surface area contributed by atoms with E-state index in [9.17, 15) is 9.59 Å². The number of hydrogen-bond donors (Lipinski definition) is 2. The Kier molecular flexibility index (Phi) is 10.3. The van der Waals surface area contributed by atoms with Gasteiger partial charge in [0, 0.05) is 26.1 Å². The number of esters is 1. The molecule has 106 valence electrons. The Morgan fingerprint density at radius 1 is 1.33 bits per heavy atom. The summed E-state index contributed by atoms with van der Waals surface area (Å²) < 4.78 is 4.77. The Labute approximate surface area is 108 Å². The summed E-state index contributed by atoms with van der Waals surface area (Å²) in [5.74, 6) is -0.300. The van der Waals surface area contributed by atoms with Gasteiger partial charge in [-0.15, -0.1) is 0 Å². The Balaban J connectivity index is 3.50. The molecule has 0 atom stereocenters. The predicted octanol–water partition coefficient (Wildman–Crippen LogP) is -0.240. The van der Waals surface area contributed by atoms with Gasteiger partial charge in [-0.05, 0) is 26.8 Å². The molecule has 0 bridgehead atoms. The van der Waals surface area contributed by atoms with Gasteiger partial charge in [0.25, 0.3) is 0 Å². The lowest BCUT2D eigenvalue weighted by molar-refractivity contribution is -0.143. The third-order valence-corrected chi connectivity index (χ3v) is 2.30. The van der Waals surface area contributed by atoms with Crippen molar-refractivity contribution in [2.75, 3.05) is 39.9 Å². The summed E-state index contributed by atoms with van der Waals surface area (Å²) in [5.41, 5.74) is 0. The van der Waals surface area contributed by atoms with Gasteiger partial charge in [0.2, 0.25) is 5.91 Å². The van der Waals surface area contributed by atoms with Gasteiger partial charge >= 0.3 is 5.97 Å². The van der Waals surface area contributed by atoms with Crippen molar-refractivity contribution in [2.45, 2.75) is 26.2 Å². The van der Waals surface area contributed by atoms with Crippen molar-refractivity contribution in [3.63, 3.8) is 0 Å². The summed E-state index contributed by atoms with van der Waals surface area (Å²) >= 11 is 0.